The van der Waals surface area contributed by atoms with Crippen molar-refractivity contribution in [2.45, 2.75) is 90.9 Å². The van der Waals surface area contributed by atoms with Gasteiger partial charge in [-0.2, -0.15) is 0 Å². The van der Waals surface area contributed by atoms with E-state index in [-0.39, 0.29) is 0 Å². The molecule has 1 fully saturated rings. The van der Waals surface area contributed by atoms with Crippen molar-refractivity contribution in [3.63, 3.8) is 0 Å². The van der Waals surface area contributed by atoms with E-state index in [1.54, 1.807) is 0 Å². The minimum atomic E-state index is 0.936. The minimum absolute atomic E-state index is 0.936. The topological polar surface area (TPSA) is 12.9 Å². The molecule has 2 aromatic rings. The van der Waals surface area contributed by atoms with Gasteiger partial charge in [-0.05, 0) is 54.7 Å². The van der Waals surface area contributed by atoms with Gasteiger partial charge >= 0.3 is 0 Å². The summed E-state index contributed by atoms with van der Waals surface area (Å²) in [4.78, 5) is 4.75. The van der Waals surface area contributed by atoms with Crippen molar-refractivity contribution in [1.82, 2.24) is 4.98 Å². The first-order chi connectivity index (χ1) is 13.8. The van der Waals surface area contributed by atoms with Crippen molar-refractivity contribution in [1.29, 1.82) is 0 Å². The van der Waals surface area contributed by atoms with Crippen molar-refractivity contribution < 1.29 is 0 Å². The standard InChI is InChI=1S/C27H39N/c1-3-5-6-9-23-10-7-11-24(20-23)12-13-25-16-19-27(28-21-25)26-17-14-22(8-4-2)15-18-26/h14-19,21,23-24H,3-13,20H2,1-2H3. The van der Waals surface area contributed by atoms with Gasteiger partial charge in [0.1, 0.15) is 0 Å². The molecule has 1 heteroatoms. The highest BCUT2D eigenvalue weighted by Crippen LogP contribution is 2.34. The maximum atomic E-state index is 4.75. The molecule has 0 bridgehead atoms. The molecular formula is C27H39N. The van der Waals surface area contributed by atoms with Crippen molar-refractivity contribution >= 4 is 0 Å². The molecule has 1 heterocycles. The second-order valence-electron chi connectivity index (χ2n) is 8.93. The number of rotatable bonds is 10. The Morgan fingerprint density at radius 2 is 1.54 bits per heavy atom. The number of nitrogens with zero attached hydrogens (tertiary/aromatic N) is 1. The van der Waals surface area contributed by atoms with Gasteiger partial charge in [-0.3, -0.25) is 4.98 Å². The highest BCUT2D eigenvalue weighted by atomic mass is 14.7. The first-order valence-corrected chi connectivity index (χ1v) is 11.8. The van der Waals surface area contributed by atoms with Gasteiger partial charge in [-0.15, -0.1) is 0 Å². The third-order valence-electron chi connectivity index (χ3n) is 6.56. The first kappa shape index (κ1) is 21.1. The number of aromatic nitrogens is 1. The smallest absolute Gasteiger partial charge is 0.0702 e. The molecule has 1 saturated carbocycles. The molecule has 1 aromatic carbocycles. The monoisotopic (exact) mass is 377 g/mol. The average Bonchev–Trinajstić information content (AvgIpc) is 2.74. The Labute approximate surface area is 173 Å². The third-order valence-corrected chi connectivity index (χ3v) is 6.56. The quantitative estimate of drug-likeness (QED) is 0.382. The first-order valence-electron chi connectivity index (χ1n) is 11.8. The molecule has 152 valence electrons. The lowest BCUT2D eigenvalue weighted by molar-refractivity contribution is 0.240. The lowest BCUT2D eigenvalue weighted by atomic mass is 9.77. The van der Waals surface area contributed by atoms with E-state index in [0.717, 1.165) is 24.0 Å². The van der Waals surface area contributed by atoms with Crippen LogP contribution in [0, 0.1) is 11.8 Å². The van der Waals surface area contributed by atoms with Crippen LogP contribution in [0.25, 0.3) is 11.3 Å². The van der Waals surface area contributed by atoms with Crippen molar-refractivity contribution in [3.05, 3.63) is 53.7 Å². The van der Waals surface area contributed by atoms with E-state index in [1.165, 1.54) is 87.3 Å². The zero-order chi connectivity index (χ0) is 19.6. The zero-order valence-electron chi connectivity index (χ0n) is 18.1. The average molecular weight is 378 g/mol. The molecule has 28 heavy (non-hydrogen) atoms. The molecule has 2 atom stereocenters. The number of unbranched alkanes of at least 4 members (excludes halogenated alkanes) is 2. The summed E-state index contributed by atoms with van der Waals surface area (Å²) < 4.78 is 0. The lowest BCUT2D eigenvalue weighted by Crippen LogP contribution is -2.16. The van der Waals surface area contributed by atoms with E-state index in [0.29, 0.717) is 0 Å². The van der Waals surface area contributed by atoms with Crippen LogP contribution in [0.1, 0.15) is 89.2 Å². The van der Waals surface area contributed by atoms with E-state index in [1.807, 2.05) is 0 Å². The fraction of sp³-hybridized carbons (Fsp3) is 0.593. The molecular weight excluding hydrogens is 338 g/mol. The number of hydrogen-bond donors (Lipinski definition) is 0. The lowest BCUT2D eigenvalue weighted by Gasteiger charge is -2.29. The van der Waals surface area contributed by atoms with E-state index in [9.17, 15) is 0 Å². The van der Waals surface area contributed by atoms with Gasteiger partial charge in [0.15, 0.2) is 0 Å². The Hall–Kier alpha value is -1.63. The summed E-state index contributed by atoms with van der Waals surface area (Å²) in [6.45, 7) is 4.54. The van der Waals surface area contributed by atoms with Crippen molar-refractivity contribution in [3.8, 4) is 11.3 Å². The van der Waals surface area contributed by atoms with Gasteiger partial charge in [-0.25, -0.2) is 0 Å². The van der Waals surface area contributed by atoms with Crippen LogP contribution >= 0.6 is 0 Å². The van der Waals surface area contributed by atoms with Gasteiger partial charge in [-0.1, -0.05) is 95.5 Å². The van der Waals surface area contributed by atoms with Gasteiger partial charge < -0.3 is 0 Å². The predicted molar refractivity (Wildman–Crippen MR) is 122 cm³/mol. The summed E-state index contributed by atoms with van der Waals surface area (Å²) in [7, 11) is 0. The van der Waals surface area contributed by atoms with E-state index >= 15 is 0 Å². The van der Waals surface area contributed by atoms with Crippen molar-refractivity contribution in [2.24, 2.45) is 11.8 Å². The molecule has 1 aliphatic carbocycles. The summed E-state index contributed by atoms with van der Waals surface area (Å²) in [5, 5.41) is 0. The van der Waals surface area contributed by atoms with Crippen molar-refractivity contribution in [2.75, 3.05) is 0 Å². The molecule has 0 N–H and O–H groups in total. The summed E-state index contributed by atoms with van der Waals surface area (Å²) in [5.41, 5.74) is 5.15. The van der Waals surface area contributed by atoms with Crippen LogP contribution in [-0.2, 0) is 12.8 Å². The minimum Gasteiger partial charge on any atom is -0.256 e. The van der Waals surface area contributed by atoms with Crippen LogP contribution < -0.4 is 0 Å². The van der Waals surface area contributed by atoms with E-state index in [4.69, 9.17) is 4.98 Å². The highest BCUT2D eigenvalue weighted by molar-refractivity contribution is 5.59. The summed E-state index contributed by atoms with van der Waals surface area (Å²) in [6.07, 6.45) is 18.5. The Bertz CT molecular complexity index is 670. The predicted octanol–water partition coefficient (Wildman–Crippen LogP) is 8.02. The van der Waals surface area contributed by atoms with Gasteiger partial charge in [0.2, 0.25) is 0 Å². The van der Waals surface area contributed by atoms with Crippen LogP contribution in [0.4, 0.5) is 0 Å². The molecule has 0 amide bonds. The van der Waals surface area contributed by atoms with Crippen LogP contribution in [-0.4, -0.2) is 4.98 Å². The molecule has 0 radical (unpaired) electrons. The number of benzene rings is 1. The largest absolute Gasteiger partial charge is 0.256 e. The van der Waals surface area contributed by atoms with Crippen LogP contribution in [0.5, 0.6) is 0 Å². The second-order valence-corrected chi connectivity index (χ2v) is 8.93. The number of hydrogen-bond acceptors (Lipinski definition) is 1. The Morgan fingerprint density at radius 1 is 0.786 bits per heavy atom. The van der Waals surface area contributed by atoms with Crippen LogP contribution in [0.2, 0.25) is 0 Å². The van der Waals surface area contributed by atoms with Gasteiger partial charge in [0, 0.05) is 11.8 Å². The Morgan fingerprint density at radius 3 is 2.21 bits per heavy atom. The molecule has 3 rings (SSSR count). The maximum Gasteiger partial charge on any atom is 0.0702 e. The number of pyridine rings is 1. The fourth-order valence-corrected chi connectivity index (χ4v) is 4.85. The highest BCUT2D eigenvalue weighted by Gasteiger charge is 2.21. The summed E-state index contributed by atoms with van der Waals surface area (Å²) in [6, 6.07) is 13.4. The summed E-state index contributed by atoms with van der Waals surface area (Å²) >= 11 is 0. The normalized spacial score (nSPS) is 19.6. The molecule has 0 spiro atoms. The van der Waals surface area contributed by atoms with Crippen LogP contribution in [0.3, 0.4) is 0 Å². The molecule has 2 unspecified atom stereocenters. The molecule has 1 aliphatic rings. The van der Waals surface area contributed by atoms with E-state index < -0.39 is 0 Å². The van der Waals surface area contributed by atoms with E-state index in [2.05, 4.69) is 56.4 Å². The Balaban J connectivity index is 1.47. The third kappa shape index (κ3) is 6.47. The molecule has 0 aliphatic heterocycles. The maximum absolute atomic E-state index is 4.75. The fourth-order valence-electron chi connectivity index (χ4n) is 4.85. The van der Waals surface area contributed by atoms with Crippen LogP contribution in [0.15, 0.2) is 42.6 Å². The van der Waals surface area contributed by atoms with Gasteiger partial charge in [0.25, 0.3) is 0 Å². The van der Waals surface area contributed by atoms with Gasteiger partial charge in [0.05, 0.1) is 5.69 Å². The molecule has 1 aromatic heterocycles. The Kier molecular flexibility index (Phi) is 8.58. The zero-order valence-corrected chi connectivity index (χ0v) is 18.1. The molecule has 1 nitrogen and oxygen atoms in total. The number of aryl methyl sites for hydroxylation is 2. The molecule has 0 saturated heterocycles. The SMILES string of the molecule is CCCCCC1CCCC(CCc2ccc(-c3ccc(CCC)cc3)nc2)C1. The summed E-state index contributed by atoms with van der Waals surface area (Å²) in [5.74, 6) is 1.94. The second kappa shape index (κ2) is 11.4.